The fraction of sp³-hybridized carbons (Fsp3) is 0.750. The van der Waals surface area contributed by atoms with Gasteiger partial charge in [0.25, 0.3) is 0 Å². The minimum absolute atomic E-state index is 0.0792. The molecule has 34 heavy (non-hydrogen) atoms. The number of hydrogen-bond acceptors (Lipinski definition) is 4. The van der Waals surface area contributed by atoms with E-state index in [1.54, 1.807) is 10.7 Å². The maximum atomic E-state index is 13.6. The second-order valence-corrected chi connectivity index (χ2v) is 12.7. The van der Waals surface area contributed by atoms with Crippen molar-refractivity contribution in [3.8, 4) is 0 Å². The van der Waals surface area contributed by atoms with E-state index in [1.165, 1.54) is 44.2 Å². The third-order valence-electron chi connectivity index (χ3n) is 11.7. The molecular formula is C28H36FN3O2. The van der Waals surface area contributed by atoms with Crippen LogP contribution in [0, 0.1) is 58.6 Å². The highest BCUT2D eigenvalue weighted by Gasteiger charge is 2.69. The van der Waals surface area contributed by atoms with Gasteiger partial charge in [0, 0.05) is 12.0 Å². The zero-order valence-electron chi connectivity index (χ0n) is 20.3. The Morgan fingerprint density at radius 2 is 1.85 bits per heavy atom. The average molecular weight is 466 g/mol. The molecule has 10 atom stereocenters. The van der Waals surface area contributed by atoms with Crippen molar-refractivity contribution in [3.63, 3.8) is 0 Å². The first kappa shape index (κ1) is 21.5. The highest BCUT2D eigenvalue weighted by Crippen LogP contribution is 2.70. The Kier molecular flexibility index (Phi) is 4.49. The van der Waals surface area contributed by atoms with Gasteiger partial charge in [0.1, 0.15) is 17.9 Å². The first-order chi connectivity index (χ1) is 16.3. The third kappa shape index (κ3) is 2.78. The Hall–Kier alpha value is -1.82. The number of carbonyl (C=O) groups is 1. The second kappa shape index (κ2) is 7.11. The van der Waals surface area contributed by atoms with E-state index in [2.05, 4.69) is 24.2 Å². The monoisotopic (exact) mass is 465 g/mol. The van der Waals surface area contributed by atoms with E-state index in [1.807, 2.05) is 0 Å². The molecule has 0 saturated heterocycles. The molecule has 182 valence electrons. The summed E-state index contributed by atoms with van der Waals surface area (Å²) in [6, 6.07) is 4.46. The predicted molar refractivity (Wildman–Crippen MR) is 126 cm³/mol. The summed E-state index contributed by atoms with van der Waals surface area (Å²) in [5.74, 6) is 4.74. The zero-order valence-corrected chi connectivity index (χ0v) is 20.3. The molecular weight excluding hydrogens is 429 g/mol. The molecule has 1 N–H and O–H groups in total. The third-order valence-corrected chi connectivity index (χ3v) is 11.7. The van der Waals surface area contributed by atoms with Crippen LogP contribution in [-0.4, -0.2) is 31.5 Å². The lowest BCUT2D eigenvalue weighted by Crippen LogP contribution is -2.50. The first-order valence-corrected chi connectivity index (χ1v) is 13.5. The van der Waals surface area contributed by atoms with Gasteiger partial charge in [0.2, 0.25) is 0 Å². The molecule has 0 spiro atoms. The van der Waals surface area contributed by atoms with Crippen LogP contribution < -0.4 is 0 Å². The van der Waals surface area contributed by atoms with E-state index in [0.717, 1.165) is 48.5 Å². The van der Waals surface area contributed by atoms with Gasteiger partial charge < -0.3 is 5.11 Å². The lowest BCUT2D eigenvalue weighted by atomic mass is 9.49. The van der Waals surface area contributed by atoms with E-state index in [0.29, 0.717) is 23.3 Å². The number of Topliss-reactive ketones (excluding diaryl/α,β-unsaturated/α-hetero) is 1. The Balaban J connectivity index is 1.10. The molecule has 2 unspecified atom stereocenters. The van der Waals surface area contributed by atoms with Crippen LogP contribution in [0.15, 0.2) is 18.2 Å². The van der Waals surface area contributed by atoms with E-state index in [-0.39, 0.29) is 35.1 Å². The number of benzene rings is 1. The van der Waals surface area contributed by atoms with E-state index < -0.39 is 0 Å². The van der Waals surface area contributed by atoms with Crippen molar-refractivity contribution in [2.24, 2.45) is 52.8 Å². The van der Waals surface area contributed by atoms with E-state index in [4.69, 9.17) is 0 Å². The quantitative estimate of drug-likeness (QED) is 0.692. The smallest absolute Gasteiger partial charge is 0.157 e. The maximum Gasteiger partial charge on any atom is 0.157 e. The summed E-state index contributed by atoms with van der Waals surface area (Å²) >= 11 is 0. The SMILES string of the molecule is CC1C2[C@@H]3CC[C@@H]4[C@H](CC[C@]5(C)[C@@H](C(=O)Cn6nnc7cc(F)ccc76)CC[C@@H]45)[C@H]3CC[C@]12O. The molecule has 0 aliphatic heterocycles. The van der Waals surface area contributed by atoms with Gasteiger partial charge >= 0.3 is 0 Å². The van der Waals surface area contributed by atoms with Gasteiger partial charge in [-0.05, 0) is 110 Å². The lowest BCUT2D eigenvalue weighted by Gasteiger charge is -2.56. The van der Waals surface area contributed by atoms with Crippen molar-refractivity contribution in [2.75, 3.05) is 0 Å². The summed E-state index contributed by atoms with van der Waals surface area (Å²) < 4.78 is 15.2. The molecule has 2 aromatic rings. The van der Waals surface area contributed by atoms with Gasteiger partial charge in [-0.15, -0.1) is 5.10 Å². The summed E-state index contributed by atoms with van der Waals surface area (Å²) in [7, 11) is 0. The normalized spacial score (nSPS) is 46.9. The molecule has 1 aromatic heterocycles. The Morgan fingerprint density at radius 3 is 2.71 bits per heavy atom. The molecule has 5 aliphatic rings. The Morgan fingerprint density at radius 1 is 1.09 bits per heavy atom. The number of ketones is 1. The molecule has 0 bridgehead atoms. The van der Waals surface area contributed by atoms with Gasteiger partial charge in [-0.2, -0.15) is 0 Å². The molecule has 7 rings (SSSR count). The molecule has 0 amide bonds. The molecule has 0 radical (unpaired) electrons. The van der Waals surface area contributed by atoms with Gasteiger partial charge in [-0.3, -0.25) is 4.79 Å². The fourth-order valence-electron chi connectivity index (χ4n) is 10.1. The van der Waals surface area contributed by atoms with Crippen molar-refractivity contribution >= 4 is 16.8 Å². The molecule has 1 aromatic carbocycles. The molecule has 6 heteroatoms. The van der Waals surface area contributed by atoms with Crippen molar-refractivity contribution < 1.29 is 14.3 Å². The van der Waals surface area contributed by atoms with E-state index >= 15 is 0 Å². The minimum atomic E-state index is -0.348. The van der Waals surface area contributed by atoms with Crippen molar-refractivity contribution in [3.05, 3.63) is 24.0 Å². The summed E-state index contributed by atoms with van der Waals surface area (Å²) in [6.45, 7) is 4.89. The summed E-state index contributed by atoms with van der Waals surface area (Å²) in [4.78, 5) is 13.6. The number of nitrogens with zero attached hydrogens (tertiary/aromatic N) is 3. The van der Waals surface area contributed by atoms with E-state index in [9.17, 15) is 14.3 Å². The Labute approximate surface area is 200 Å². The molecule has 5 fully saturated rings. The van der Waals surface area contributed by atoms with Crippen LogP contribution in [0.3, 0.4) is 0 Å². The number of aromatic nitrogens is 3. The van der Waals surface area contributed by atoms with Gasteiger partial charge in [-0.25, -0.2) is 9.07 Å². The number of rotatable bonds is 3. The lowest BCUT2D eigenvalue weighted by molar-refractivity contribution is -0.131. The number of aliphatic hydroxyl groups is 1. The van der Waals surface area contributed by atoms with Crippen LogP contribution in [0.25, 0.3) is 11.0 Å². The van der Waals surface area contributed by atoms with Crippen LogP contribution in [0.2, 0.25) is 0 Å². The van der Waals surface area contributed by atoms with Gasteiger partial charge in [-0.1, -0.05) is 19.1 Å². The highest BCUT2D eigenvalue weighted by atomic mass is 19.1. The zero-order chi connectivity index (χ0) is 23.4. The van der Waals surface area contributed by atoms with Crippen molar-refractivity contribution in [2.45, 2.75) is 77.4 Å². The highest BCUT2D eigenvalue weighted by molar-refractivity contribution is 5.84. The molecule has 5 nitrogen and oxygen atoms in total. The van der Waals surface area contributed by atoms with Gasteiger partial charge in [0.05, 0.1) is 11.1 Å². The summed E-state index contributed by atoms with van der Waals surface area (Å²) in [5.41, 5.74) is 0.961. The summed E-state index contributed by atoms with van der Waals surface area (Å²) in [5, 5.41) is 19.2. The molecule has 1 heterocycles. The molecule has 5 saturated carbocycles. The molecule has 5 aliphatic carbocycles. The van der Waals surface area contributed by atoms with Crippen molar-refractivity contribution in [1.82, 2.24) is 15.0 Å². The average Bonchev–Trinajstić information content (AvgIpc) is 3.10. The second-order valence-electron chi connectivity index (χ2n) is 12.7. The van der Waals surface area contributed by atoms with Crippen LogP contribution in [0.4, 0.5) is 4.39 Å². The largest absolute Gasteiger partial charge is 0.389 e. The summed E-state index contributed by atoms with van der Waals surface area (Å²) in [6.07, 6.45) is 9.30. The van der Waals surface area contributed by atoms with Gasteiger partial charge in [0.15, 0.2) is 5.78 Å². The first-order valence-electron chi connectivity index (χ1n) is 13.5. The standard InChI is InChI=1S/C28H36FN3O2/c1-15-26-20-5-4-19-17(18(20)10-12-28(15,26)34)9-11-27(2)21(19)6-7-22(27)25(33)14-32-24-8-3-16(29)13-23(24)30-31-32/h3,8,13,15,17-22,26,34H,4-7,9-12,14H2,1-2H3/t15?,17-,18-,19-,20-,21+,22-,26?,27+,28+/m1/s1. The topological polar surface area (TPSA) is 68.0 Å². The predicted octanol–water partition coefficient (Wildman–Crippen LogP) is 5.02. The minimum Gasteiger partial charge on any atom is -0.389 e. The Bertz CT molecular complexity index is 1160. The fourth-order valence-corrected chi connectivity index (χ4v) is 10.1. The number of hydrogen-bond donors (Lipinski definition) is 1. The van der Waals surface area contributed by atoms with Crippen molar-refractivity contribution in [1.29, 1.82) is 0 Å². The van der Waals surface area contributed by atoms with Crippen LogP contribution in [-0.2, 0) is 11.3 Å². The number of halogens is 1. The van der Waals surface area contributed by atoms with Crippen LogP contribution >= 0.6 is 0 Å². The van der Waals surface area contributed by atoms with Crippen LogP contribution in [0.5, 0.6) is 0 Å². The maximum absolute atomic E-state index is 13.6. The number of fused-ring (bicyclic) bond motifs is 8. The number of carbonyl (C=O) groups excluding carboxylic acids is 1. The van der Waals surface area contributed by atoms with Crippen LogP contribution in [0.1, 0.15) is 65.2 Å².